The van der Waals surface area contributed by atoms with Crippen LogP contribution in [0.1, 0.15) is 26.7 Å². The number of sulfone groups is 1. The van der Waals surface area contributed by atoms with E-state index in [9.17, 15) is 8.42 Å². The molecule has 1 fully saturated rings. The molecule has 0 amide bonds. The van der Waals surface area contributed by atoms with Gasteiger partial charge in [-0.1, -0.05) is 0 Å². The van der Waals surface area contributed by atoms with E-state index in [4.69, 9.17) is 10.5 Å². The normalized spacial score (nSPS) is 27.9. The lowest BCUT2D eigenvalue weighted by molar-refractivity contribution is 0.0369. The number of nitrogens with two attached hydrogens (primary N) is 1. The number of ether oxygens (including phenoxy) is 1. The van der Waals surface area contributed by atoms with Crippen molar-refractivity contribution in [2.45, 2.75) is 38.3 Å². The summed E-state index contributed by atoms with van der Waals surface area (Å²) in [5.41, 5.74) is 5.44. The first-order valence-electron chi connectivity index (χ1n) is 6.55. The Hall–Kier alpha value is -0.170. The molecule has 0 aromatic heterocycles. The highest BCUT2D eigenvalue weighted by Crippen LogP contribution is 2.27. The lowest BCUT2D eigenvalue weighted by Gasteiger charge is -2.43. The van der Waals surface area contributed by atoms with Gasteiger partial charge in [-0.05, 0) is 33.7 Å². The molecule has 1 unspecified atom stereocenters. The van der Waals surface area contributed by atoms with Crippen molar-refractivity contribution < 1.29 is 13.2 Å². The summed E-state index contributed by atoms with van der Waals surface area (Å²) in [6, 6.07) is 0. The smallest absolute Gasteiger partial charge is 0.152 e. The van der Waals surface area contributed by atoms with Crippen molar-refractivity contribution in [3.8, 4) is 0 Å². The zero-order chi connectivity index (χ0) is 13.8. The third-order valence-corrected chi connectivity index (χ3v) is 5.54. The van der Waals surface area contributed by atoms with Crippen molar-refractivity contribution in [2.24, 2.45) is 5.73 Å². The van der Waals surface area contributed by atoms with Crippen LogP contribution in [0.25, 0.3) is 0 Å². The SMILES string of the molecule is CC(C)OCCN(C)C1(CN)CCCS(=O)(=O)C1. The minimum absolute atomic E-state index is 0.175. The van der Waals surface area contributed by atoms with Crippen LogP contribution in [0.3, 0.4) is 0 Å². The van der Waals surface area contributed by atoms with Gasteiger partial charge in [0, 0.05) is 18.6 Å². The number of likely N-dealkylation sites (N-methyl/N-ethyl adjacent to an activating group) is 1. The number of hydrogen-bond donors (Lipinski definition) is 1. The van der Waals surface area contributed by atoms with E-state index in [0.717, 1.165) is 6.42 Å². The topological polar surface area (TPSA) is 72.6 Å². The molecular weight excluding hydrogens is 252 g/mol. The van der Waals surface area contributed by atoms with E-state index in [2.05, 4.69) is 4.90 Å². The monoisotopic (exact) mass is 278 g/mol. The van der Waals surface area contributed by atoms with Crippen molar-refractivity contribution in [1.29, 1.82) is 0 Å². The Morgan fingerprint density at radius 3 is 2.61 bits per heavy atom. The van der Waals surface area contributed by atoms with E-state index < -0.39 is 15.4 Å². The molecule has 5 nitrogen and oxygen atoms in total. The highest BCUT2D eigenvalue weighted by molar-refractivity contribution is 7.91. The first-order valence-corrected chi connectivity index (χ1v) is 8.37. The van der Waals surface area contributed by atoms with Gasteiger partial charge in [0.25, 0.3) is 0 Å². The van der Waals surface area contributed by atoms with Crippen LogP contribution in [0.15, 0.2) is 0 Å². The first-order chi connectivity index (χ1) is 8.31. The Bertz CT molecular complexity index is 356. The fourth-order valence-electron chi connectivity index (χ4n) is 2.46. The molecule has 0 aromatic carbocycles. The van der Waals surface area contributed by atoms with Crippen LogP contribution < -0.4 is 5.73 Å². The zero-order valence-corrected chi connectivity index (χ0v) is 12.5. The molecule has 1 aliphatic heterocycles. The van der Waals surface area contributed by atoms with Gasteiger partial charge in [-0.2, -0.15) is 0 Å². The molecule has 1 saturated heterocycles. The minimum atomic E-state index is -2.95. The Morgan fingerprint density at radius 1 is 1.44 bits per heavy atom. The average molecular weight is 278 g/mol. The summed E-state index contributed by atoms with van der Waals surface area (Å²) in [5, 5.41) is 0. The van der Waals surface area contributed by atoms with Gasteiger partial charge in [0.05, 0.1) is 24.2 Å². The highest BCUT2D eigenvalue weighted by Gasteiger charge is 2.40. The summed E-state index contributed by atoms with van der Waals surface area (Å²) in [7, 11) is -1.01. The number of rotatable bonds is 6. The van der Waals surface area contributed by atoms with Crippen molar-refractivity contribution in [2.75, 3.05) is 38.2 Å². The molecule has 0 spiro atoms. The molecule has 0 bridgehead atoms. The molecule has 108 valence electrons. The molecule has 1 aliphatic rings. The first kappa shape index (κ1) is 15.9. The van der Waals surface area contributed by atoms with Gasteiger partial charge in [0.15, 0.2) is 9.84 Å². The van der Waals surface area contributed by atoms with E-state index >= 15 is 0 Å². The fraction of sp³-hybridized carbons (Fsp3) is 1.00. The van der Waals surface area contributed by atoms with Crippen LogP contribution in [0.5, 0.6) is 0 Å². The van der Waals surface area contributed by atoms with Crippen LogP contribution in [0, 0.1) is 0 Å². The largest absolute Gasteiger partial charge is 0.377 e. The van der Waals surface area contributed by atoms with Gasteiger partial charge in [-0.25, -0.2) is 8.42 Å². The molecule has 6 heteroatoms. The molecule has 0 radical (unpaired) electrons. The summed E-state index contributed by atoms with van der Waals surface area (Å²) in [4.78, 5) is 2.06. The van der Waals surface area contributed by atoms with Crippen LogP contribution in [0.2, 0.25) is 0 Å². The second-order valence-corrected chi connectivity index (χ2v) is 7.65. The Kier molecular flexibility index (Phi) is 5.58. The van der Waals surface area contributed by atoms with Crippen LogP contribution in [-0.2, 0) is 14.6 Å². The maximum Gasteiger partial charge on any atom is 0.152 e. The van der Waals surface area contributed by atoms with E-state index in [0.29, 0.717) is 31.9 Å². The van der Waals surface area contributed by atoms with Crippen molar-refractivity contribution in [1.82, 2.24) is 4.90 Å². The lowest BCUT2D eigenvalue weighted by Crippen LogP contribution is -2.59. The molecule has 18 heavy (non-hydrogen) atoms. The van der Waals surface area contributed by atoms with Gasteiger partial charge < -0.3 is 10.5 Å². The van der Waals surface area contributed by atoms with E-state index in [1.54, 1.807) is 0 Å². The summed E-state index contributed by atoms with van der Waals surface area (Å²) < 4.78 is 29.1. The molecule has 0 aliphatic carbocycles. The van der Waals surface area contributed by atoms with Crippen LogP contribution >= 0.6 is 0 Å². The maximum atomic E-state index is 11.8. The van der Waals surface area contributed by atoms with Crippen molar-refractivity contribution in [3.05, 3.63) is 0 Å². The molecule has 0 saturated carbocycles. The van der Waals surface area contributed by atoms with Crippen molar-refractivity contribution in [3.63, 3.8) is 0 Å². The number of hydrogen-bond acceptors (Lipinski definition) is 5. The minimum Gasteiger partial charge on any atom is -0.377 e. The second kappa shape index (κ2) is 6.32. The summed E-state index contributed by atoms with van der Waals surface area (Å²) >= 11 is 0. The van der Waals surface area contributed by atoms with E-state index in [1.165, 1.54) is 0 Å². The average Bonchev–Trinajstić information content (AvgIpc) is 2.26. The highest BCUT2D eigenvalue weighted by atomic mass is 32.2. The molecule has 1 heterocycles. The molecule has 1 rings (SSSR count). The summed E-state index contributed by atoms with van der Waals surface area (Å²) in [5.74, 6) is 0.472. The zero-order valence-electron chi connectivity index (χ0n) is 11.7. The molecular formula is C12H26N2O3S. The Morgan fingerprint density at radius 2 is 2.11 bits per heavy atom. The van der Waals surface area contributed by atoms with E-state index in [-0.39, 0.29) is 11.9 Å². The maximum absolute atomic E-state index is 11.8. The van der Waals surface area contributed by atoms with Gasteiger partial charge in [-0.3, -0.25) is 4.90 Å². The summed E-state index contributed by atoms with van der Waals surface area (Å²) in [6.45, 7) is 5.68. The fourth-order valence-corrected chi connectivity index (χ4v) is 4.48. The third-order valence-electron chi connectivity index (χ3n) is 3.65. The van der Waals surface area contributed by atoms with Gasteiger partial charge in [0.2, 0.25) is 0 Å². The van der Waals surface area contributed by atoms with E-state index in [1.807, 2.05) is 20.9 Å². The predicted octanol–water partition coefficient (Wildman–Crippen LogP) is 0.249. The quantitative estimate of drug-likeness (QED) is 0.754. The summed E-state index contributed by atoms with van der Waals surface area (Å²) in [6.07, 6.45) is 1.75. The van der Waals surface area contributed by atoms with Gasteiger partial charge in [0.1, 0.15) is 0 Å². The standard InChI is InChI=1S/C12H26N2O3S/c1-11(2)17-7-6-14(3)12(9-13)5-4-8-18(15,16)10-12/h11H,4-10,13H2,1-3H3. The molecule has 0 aromatic rings. The van der Waals surface area contributed by atoms with Crippen LogP contribution in [-0.4, -0.2) is 63.2 Å². The van der Waals surface area contributed by atoms with Gasteiger partial charge in [-0.15, -0.1) is 0 Å². The molecule has 2 N–H and O–H groups in total. The predicted molar refractivity (Wildman–Crippen MR) is 73.4 cm³/mol. The third kappa shape index (κ3) is 4.19. The lowest BCUT2D eigenvalue weighted by atomic mass is 9.93. The Labute approximate surface area is 111 Å². The second-order valence-electron chi connectivity index (χ2n) is 5.47. The number of nitrogens with zero attached hydrogens (tertiary/aromatic N) is 1. The Balaban J connectivity index is 2.63. The van der Waals surface area contributed by atoms with Crippen molar-refractivity contribution >= 4 is 9.84 Å². The van der Waals surface area contributed by atoms with Gasteiger partial charge >= 0.3 is 0 Å². The van der Waals surface area contributed by atoms with Crippen LogP contribution in [0.4, 0.5) is 0 Å². The molecule has 1 atom stereocenters.